The Hall–Kier alpha value is -3.24. The van der Waals surface area contributed by atoms with Crippen molar-refractivity contribution >= 4 is 10.9 Å². The molecule has 0 amide bonds. The van der Waals surface area contributed by atoms with Crippen LogP contribution in [0.1, 0.15) is 43.0 Å². The monoisotopic (exact) mass is 411 g/mol. The molecule has 2 N–H and O–H groups in total. The molecule has 0 atom stereocenters. The number of fused-ring (bicyclic) bond motifs is 1. The quantitative estimate of drug-likeness (QED) is 0.503. The number of nitrogens with two attached hydrogens (primary N) is 1. The van der Waals surface area contributed by atoms with Crippen molar-refractivity contribution < 1.29 is 0 Å². The Morgan fingerprint density at radius 3 is 2.32 bits per heavy atom. The van der Waals surface area contributed by atoms with Crippen molar-refractivity contribution in [1.82, 2.24) is 9.55 Å². The lowest BCUT2D eigenvalue weighted by molar-refractivity contribution is 0.590. The molecule has 0 fully saturated rings. The molecule has 4 rings (SSSR count). The van der Waals surface area contributed by atoms with Crippen LogP contribution < -0.4 is 11.3 Å². The van der Waals surface area contributed by atoms with Gasteiger partial charge in [-0.15, -0.1) is 0 Å². The second-order valence-electron chi connectivity index (χ2n) is 9.20. The SMILES string of the molecule is Cc1ccc2nc(-c3ccc(C(C)(C)C)cc3)n(Cc3cccc(CN)c3)c(=O)c2c1. The van der Waals surface area contributed by atoms with E-state index in [1.807, 2.05) is 43.3 Å². The van der Waals surface area contributed by atoms with E-state index in [1.54, 1.807) is 4.57 Å². The van der Waals surface area contributed by atoms with Gasteiger partial charge in [-0.25, -0.2) is 4.98 Å². The van der Waals surface area contributed by atoms with Gasteiger partial charge in [-0.1, -0.05) is 80.9 Å². The molecular weight excluding hydrogens is 382 g/mol. The number of hydrogen-bond donors (Lipinski definition) is 1. The Bertz CT molecular complexity index is 1300. The molecule has 4 aromatic rings. The van der Waals surface area contributed by atoms with Crippen molar-refractivity contribution in [3.8, 4) is 11.4 Å². The fourth-order valence-corrected chi connectivity index (χ4v) is 3.86. The van der Waals surface area contributed by atoms with Crippen LogP contribution >= 0.6 is 0 Å². The molecule has 0 saturated heterocycles. The van der Waals surface area contributed by atoms with Crippen molar-refractivity contribution in [2.45, 2.75) is 46.2 Å². The molecule has 3 aromatic carbocycles. The van der Waals surface area contributed by atoms with E-state index in [4.69, 9.17) is 10.7 Å². The molecule has 158 valence electrons. The standard InChI is InChI=1S/C27H29N3O/c1-18-8-13-24-23(14-18)26(31)30(17-20-7-5-6-19(15-20)16-28)25(29-24)21-9-11-22(12-10-21)27(2,3)4/h5-15H,16-17,28H2,1-4H3. The summed E-state index contributed by atoms with van der Waals surface area (Å²) in [5, 5.41) is 0.644. The van der Waals surface area contributed by atoms with Crippen LogP contribution in [-0.2, 0) is 18.5 Å². The van der Waals surface area contributed by atoms with Gasteiger partial charge in [-0.3, -0.25) is 9.36 Å². The third-order valence-corrected chi connectivity index (χ3v) is 5.69. The van der Waals surface area contributed by atoms with Gasteiger partial charge in [0.05, 0.1) is 17.4 Å². The van der Waals surface area contributed by atoms with E-state index in [0.29, 0.717) is 24.3 Å². The van der Waals surface area contributed by atoms with Crippen molar-refractivity contribution in [1.29, 1.82) is 0 Å². The highest BCUT2D eigenvalue weighted by Crippen LogP contribution is 2.26. The first kappa shape index (κ1) is 21.0. The van der Waals surface area contributed by atoms with Gasteiger partial charge in [0.25, 0.3) is 5.56 Å². The van der Waals surface area contributed by atoms with Crippen LogP contribution in [0.25, 0.3) is 22.3 Å². The first-order valence-corrected chi connectivity index (χ1v) is 10.7. The summed E-state index contributed by atoms with van der Waals surface area (Å²) in [6.07, 6.45) is 0. The Morgan fingerprint density at radius 1 is 0.935 bits per heavy atom. The van der Waals surface area contributed by atoms with Gasteiger partial charge < -0.3 is 5.73 Å². The Kier molecular flexibility index (Phi) is 5.50. The summed E-state index contributed by atoms with van der Waals surface area (Å²) in [5.74, 6) is 0.681. The fourth-order valence-electron chi connectivity index (χ4n) is 3.86. The maximum atomic E-state index is 13.6. The highest BCUT2D eigenvalue weighted by atomic mass is 16.1. The zero-order valence-corrected chi connectivity index (χ0v) is 18.6. The summed E-state index contributed by atoms with van der Waals surface area (Å²) in [7, 11) is 0. The topological polar surface area (TPSA) is 60.9 Å². The Morgan fingerprint density at radius 2 is 1.65 bits per heavy atom. The van der Waals surface area contributed by atoms with E-state index in [1.165, 1.54) is 5.56 Å². The molecule has 0 spiro atoms. The van der Waals surface area contributed by atoms with Crippen LogP contribution in [0, 0.1) is 6.92 Å². The third-order valence-electron chi connectivity index (χ3n) is 5.69. The summed E-state index contributed by atoms with van der Waals surface area (Å²) in [6.45, 7) is 9.49. The summed E-state index contributed by atoms with van der Waals surface area (Å²) in [6, 6.07) is 22.3. The minimum absolute atomic E-state index is 0.0262. The van der Waals surface area contributed by atoms with E-state index in [9.17, 15) is 4.79 Å². The first-order valence-electron chi connectivity index (χ1n) is 10.7. The molecule has 1 aromatic heterocycles. The number of nitrogens with zero attached hydrogens (tertiary/aromatic N) is 2. The predicted octanol–water partition coefficient (Wildman–Crippen LogP) is 5.18. The highest BCUT2D eigenvalue weighted by molar-refractivity contribution is 5.80. The van der Waals surface area contributed by atoms with E-state index in [2.05, 4.69) is 51.1 Å². The maximum absolute atomic E-state index is 13.6. The lowest BCUT2D eigenvalue weighted by Gasteiger charge is -2.20. The third kappa shape index (κ3) is 4.30. The largest absolute Gasteiger partial charge is 0.326 e. The van der Waals surface area contributed by atoms with Crippen molar-refractivity contribution in [2.75, 3.05) is 0 Å². The first-order chi connectivity index (χ1) is 14.8. The predicted molar refractivity (Wildman–Crippen MR) is 128 cm³/mol. The molecule has 0 aliphatic heterocycles. The normalized spacial score (nSPS) is 11.8. The Labute approximate surface area is 183 Å². The molecule has 0 aliphatic carbocycles. The molecule has 0 radical (unpaired) electrons. The molecule has 0 unspecified atom stereocenters. The van der Waals surface area contributed by atoms with E-state index >= 15 is 0 Å². The van der Waals surface area contributed by atoms with E-state index in [0.717, 1.165) is 27.8 Å². The summed E-state index contributed by atoms with van der Waals surface area (Å²) < 4.78 is 1.78. The lowest BCUT2D eigenvalue weighted by atomic mass is 9.86. The molecule has 4 nitrogen and oxygen atoms in total. The molecule has 31 heavy (non-hydrogen) atoms. The minimum atomic E-state index is -0.0262. The van der Waals surface area contributed by atoms with Crippen molar-refractivity contribution in [2.24, 2.45) is 5.73 Å². The van der Waals surface area contributed by atoms with Gasteiger partial charge in [0.15, 0.2) is 0 Å². The van der Waals surface area contributed by atoms with Crippen LogP contribution in [0.3, 0.4) is 0 Å². The average Bonchev–Trinajstić information content (AvgIpc) is 2.75. The smallest absolute Gasteiger partial charge is 0.261 e. The number of hydrogen-bond acceptors (Lipinski definition) is 3. The average molecular weight is 412 g/mol. The van der Waals surface area contributed by atoms with Gasteiger partial charge in [0.1, 0.15) is 5.82 Å². The zero-order chi connectivity index (χ0) is 22.2. The number of aromatic nitrogens is 2. The lowest BCUT2D eigenvalue weighted by Crippen LogP contribution is -2.24. The van der Waals surface area contributed by atoms with Crippen molar-refractivity contribution in [3.05, 3.63) is 99.3 Å². The van der Waals surface area contributed by atoms with Gasteiger partial charge in [-0.2, -0.15) is 0 Å². The number of rotatable bonds is 4. The van der Waals surface area contributed by atoms with Crippen LogP contribution in [0.15, 0.2) is 71.5 Å². The maximum Gasteiger partial charge on any atom is 0.261 e. The molecule has 0 saturated carbocycles. The van der Waals surface area contributed by atoms with Gasteiger partial charge in [0, 0.05) is 12.1 Å². The fraction of sp³-hybridized carbons (Fsp3) is 0.259. The second kappa shape index (κ2) is 8.12. The summed E-state index contributed by atoms with van der Waals surface area (Å²) >= 11 is 0. The van der Waals surface area contributed by atoms with Crippen LogP contribution in [-0.4, -0.2) is 9.55 Å². The number of aryl methyl sites for hydroxylation is 1. The minimum Gasteiger partial charge on any atom is -0.326 e. The number of benzene rings is 3. The molecule has 0 bridgehead atoms. The Balaban J connectivity index is 1.91. The van der Waals surface area contributed by atoms with Crippen LogP contribution in [0.5, 0.6) is 0 Å². The van der Waals surface area contributed by atoms with Crippen LogP contribution in [0.2, 0.25) is 0 Å². The van der Waals surface area contributed by atoms with Crippen LogP contribution in [0.4, 0.5) is 0 Å². The van der Waals surface area contributed by atoms with E-state index < -0.39 is 0 Å². The zero-order valence-electron chi connectivity index (χ0n) is 18.6. The second-order valence-corrected chi connectivity index (χ2v) is 9.20. The van der Waals surface area contributed by atoms with Gasteiger partial charge >= 0.3 is 0 Å². The molecule has 0 aliphatic rings. The van der Waals surface area contributed by atoms with Gasteiger partial charge in [-0.05, 0) is 41.2 Å². The molecule has 4 heteroatoms. The van der Waals surface area contributed by atoms with E-state index in [-0.39, 0.29) is 11.0 Å². The van der Waals surface area contributed by atoms with Gasteiger partial charge in [0.2, 0.25) is 0 Å². The van der Waals surface area contributed by atoms with Crippen molar-refractivity contribution in [3.63, 3.8) is 0 Å². The highest BCUT2D eigenvalue weighted by Gasteiger charge is 2.16. The molecular formula is C27H29N3O. The summed E-state index contributed by atoms with van der Waals surface area (Å²) in [4.78, 5) is 18.5. The molecule has 1 heterocycles. The summed E-state index contributed by atoms with van der Waals surface area (Å²) in [5.41, 5.74) is 11.9.